The van der Waals surface area contributed by atoms with Crippen molar-refractivity contribution in [2.24, 2.45) is 0 Å². The Balaban J connectivity index is 0.000000845. The molecule has 0 aromatic heterocycles. The summed E-state index contributed by atoms with van der Waals surface area (Å²) in [6, 6.07) is 0. The summed E-state index contributed by atoms with van der Waals surface area (Å²) in [4.78, 5) is 2.46. The maximum Gasteiger partial charge on any atom is 1.00 e. The van der Waals surface area contributed by atoms with Gasteiger partial charge >= 0.3 is 18.9 Å². The number of hydrogen-bond donors (Lipinski definition) is 0. The molecule has 2 aliphatic rings. The molecule has 1 aliphatic carbocycles. The molecule has 2 rings (SSSR count). The quantitative estimate of drug-likeness (QED) is 0.357. The second kappa shape index (κ2) is 5.65. The Hall–Kier alpha value is -0.0326. The molecule has 2 nitrogen and oxygen atoms in total. The minimum Gasteiger partial charge on any atom is -0.448 e. The number of morpholine rings is 1. The second-order valence-corrected chi connectivity index (χ2v) is 3.39. The number of hydrogen-bond acceptors (Lipinski definition) is 2. The molecule has 0 aromatic rings. The Bertz CT molecular complexity index is 176. The first-order valence-corrected chi connectivity index (χ1v) is 4.82. The summed E-state index contributed by atoms with van der Waals surface area (Å²) in [7, 11) is 0. The number of ether oxygens (including phenoxy) is 1. The van der Waals surface area contributed by atoms with Gasteiger partial charge in [0.1, 0.15) is 0 Å². The Morgan fingerprint density at radius 2 is 2.08 bits per heavy atom. The zero-order chi connectivity index (χ0) is 8.23. The van der Waals surface area contributed by atoms with Gasteiger partial charge in [0.2, 0.25) is 0 Å². The minimum absolute atomic E-state index is 0. The van der Waals surface area contributed by atoms with Crippen molar-refractivity contribution in [3.8, 4) is 0 Å². The van der Waals surface area contributed by atoms with Crippen LogP contribution in [0, 0.1) is 6.42 Å². The van der Waals surface area contributed by atoms with Gasteiger partial charge in [-0.2, -0.15) is 0 Å². The van der Waals surface area contributed by atoms with Crippen molar-refractivity contribution in [3.63, 3.8) is 0 Å². The van der Waals surface area contributed by atoms with Crippen LogP contribution in [0.4, 0.5) is 0 Å². The molecule has 1 fully saturated rings. The predicted molar refractivity (Wildman–Crippen MR) is 48.6 cm³/mol. The first-order chi connectivity index (χ1) is 5.97. The molecule has 0 aromatic carbocycles. The Morgan fingerprint density at radius 3 is 2.69 bits per heavy atom. The van der Waals surface area contributed by atoms with Crippen LogP contribution in [-0.4, -0.2) is 31.2 Å². The van der Waals surface area contributed by atoms with E-state index in [1.165, 1.54) is 25.0 Å². The van der Waals surface area contributed by atoms with Gasteiger partial charge < -0.3 is 9.64 Å². The molecule has 0 bridgehead atoms. The molecular formula is C10H16LiNO. The average molecular weight is 173 g/mol. The van der Waals surface area contributed by atoms with Crippen LogP contribution in [0.2, 0.25) is 0 Å². The molecule has 1 saturated heterocycles. The summed E-state index contributed by atoms with van der Waals surface area (Å²) >= 11 is 0. The van der Waals surface area contributed by atoms with Crippen LogP contribution in [0.3, 0.4) is 0 Å². The molecule has 0 radical (unpaired) electrons. The van der Waals surface area contributed by atoms with Crippen molar-refractivity contribution < 1.29 is 23.6 Å². The van der Waals surface area contributed by atoms with Gasteiger partial charge in [0.05, 0.1) is 13.2 Å². The molecule has 0 atom stereocenters. The van der Waals surface area contributed by atoms with Gasteiger partial charge in [-0.25, -0.2) is 12.5 Å². The zero-order valence-corrected chi connectivity index (χ0v) is 8.46. The van der Waals surface area contributed by atoms with Gasteiger partial charge in [-0.1, -0.05) is 12.8 Å². The fraction of sp³-hybridized carbons (Fsp3) is 0.700. The summed E-state index contributed by atoms with van der Waals surface area (Å²) in [6.45, 7) is 3.97. The largest absolute Gasteiger partial charge is 1.00 e. The first kappa shape index (κ1) is 11.0. The SMILES string of the molecule is C1=C(N2CCOCC2)CCC[CH-]1.[Li+]. The van der Waals surface area contributed by atoms with Crippen LogP contribution in [0.25, 0.3) is 0 Å². The Morgan fingerprint density at radius 1 is 1.31 bits per heavy atom. The first-order valence-electron chi connectivity index (χ1n) is 4.82. The van der Waals surface area contributed by atoms with Crippen molar-refractivity contribution >= 4 is 0 Å². The van der Waals surface area contributed by atoms with Crippen molar-refractivity contribution in [3.05, 3.63) is 18.2 Å². The normalized spacial score (nSPS) is 22.8. The Kier molecular flexibility index (Phi) is 4.80. The third-order valence-corrected chi connectivity index (χ3v) is 2.53. The van der Waals surface area contributed by atoms with Gasteiger partial charge in [-0.15, -0.1) is 12.1 Å². The molecular weight excluding hydrogens is 157 g/mol. The molecule has 0 amide bonds. The average Bonchev–Trinajstić information content (AvgIpc) is 2.21. The van der Waals surface area contributed by atoms with Crippen molar-refractivity contribution in [2.45, 2.75) is 19.3 Å². The van der Waals surface area contributed by atoms with E-state index < -0.39 is 0 Å². The molecule has 0 saturated carbocycles. The maximum atomic E-state index is 5.31. The topological polar surface area (TPSA) is 12.5 Å². The van der Waals surface area contributed by atoms with Gasteiger partial charge in [-0.3, -0.25) is 0 Å². The molecule has 1 aliphatic heterocycles. The second-order valence-electron chi connectivity index (χ2n) is 3.39. The fourth-order valence-electron chi connectivity index (χ4n) is 1.82. The maximum absolute atomic E-state index is 5.31. The molecule has 13 heavy (non-hydrogen) atoms. The predicted octanol–water partition coefficient (Wildman–Crippen LogP) is -1.41. The van der Waals surface area contributed by atoms with E-state index in [0.29, 0.717) is 0 Å². The van der Waals surface area contributed by atoms with Gasteiger partial charge in [0.25, 0.3) is 0 Å². The summed E-state index contributed by atoms with van der Waals surface area (Å²) in [5.41, 5.74) is 1.52. The van der Waals surface area contributed by atoms with Crippen molar-refractivity contribution in [1.82, 2.24) is 4.90 Å². The third kappa shape index (κ3) is 2.98. The summed E-state index contributed by atoms with van der Waals surface area (Å²) in [5.74, 6) is 0. The summed E-state index contributed by atoms with van der Waals surface area (Å²) in [6.07, 6.45) is 8.41. The Labute approximate surface area is 92.5 Å². The molecule has 68 valence electrons. The molecule has 0 N–H and O–H groups in total. The van der Waals surface area contributed by atoms with Crippen LogP contribution >= 0.6 is 0 Å². The van der Waals surface area contributed by atoms with E-state index in [4.69, 9.17) is 4.74 Å². The summed E-state index contributed by atoms with van der Waals surface area (Å²) < 4.78 is 5.31. The van der Waals surface area contributed by atoms with Crippen molar-refractivity contribution in [2.75, 3.05) is 26.3 Å². The fourth-order valence-corrected chi connectivity index (χ4v) is 1.82. The van der Waals surface area contributed by atoms with E-state index >= 15 is 0 Å². The van der Waals surface area contributed by atoms with Crippen LogP contribution in [0.15, 0.2) is 11.8 Å². The minimum atomic E-state index is 0. The van der Waals surface area contributed by atoms with Gasteiger partial charge in [0.15, 0.2) is 0 Å². The zero-order valence-electron chi connectivity index (χ0n) is 8.46. The monoisotopic (exact) mass is 173 g/mol. The van der Waals surface area contributed by atoms with Gasteiger partial charge in [-0.05, 0) is 0 Å². The van der Waals surface area contributed by atoms with Crippen molar-refractivity contribution in [1.29, 1.82) is 0 Å². The van der Waals surface area contributed by atoms with Crippen LogP contribution in [-0.2, 0) is 4.74 Å². The number of nitrogens with zero attached hydrogens (tertiary/aromatic N) is 1. The van der Waals surface area contributed by atoms with E-state index in [9.17, 15) is 0 Å². The third-order valence-electron chi connectivity index (χ3n) is 2.53. The standard InChI is InChI=1S/C10H16NO.Li/c1-2-4-10(5-3-1)11-6-8-12-9-7-11;/h2,4H,1,3,5-9H2;/q-1;+1. The smallest absolute Gasteiger partial charge is 0.448 e. The molecule has 1 heterocycles. The number of rotatable bonds is 1. The molecule has 0 spiro atoms. The van der Waals surface area contributed by atoms with E-state index in [2.05, 4.69) is 17.4 Å². The summed E-state index contributed by atoms with van der Waals surface area (Å²) in [5, 5.41) is 0. The molecule has 0 unspecified atom stereocenters. The van der Waals surface area contributed by atoms with Crippen LogP contribution in [0.5, 0.6) is 0 Å². The van der Waals surface area contributed by atoms with Gasteiger partial charge in [0, 0.05) is 13.1 Å². The van der Waals surface area contributed by atoms with E-state index in [1.54, 1.807) is 0 Å². The van der Waals surface area contributed by atoms with E-state index in [0.717, 1.165) is 26.3 Å². The molecule has 3 heteroatoms. The van der Waals surface area contributed by atoms with Crippen LogP contribution < -0.4 is 18.9 Å². The van der Waals surface area contributed by atoms with E-state index in [1.807, 2.05) is 0 Å². The van der Waals surface area contributed by atoms with Crippen LogP contribution in [0.1, 0.15) is 19.3 Å². The number of allylic oxidation sites excluding steroid dienone is 2. The van der Waals surface area contributed by atoms with E-state index in [-0.39, 0.29) is 18.9 Å².